The predicted octanol–water partition coefficient (Wildman–Crippen LogP) is 2.41. The molecule has 5 N–H and O–H groups in total. The summed E-state index contributed by atoms with van der Waals surface area (Å²) in [6.45, 7) is 11.0. The van der Waals surface area contributed by atoms with Gasteiger partial charge in [-0.15, -0.1) is 0 Å². The minimum atomic E-state index is -0.311. The van der Waals surface area contributed by atoms with Gasteiger partial charge in [-0.1, -0.05) is 13.3 Å². The van der Waals surface area contributed by atoms with Gasteiger partial charge in [0.2, 0.25) is 0 Å². The number of fused-ring (bicyclic) bond motifs is 1. The van der Waals surface area contributed by atoms with E-state index in [1.54, 1.807) is 0 Å². The van der Waals surface area contributed by atoms with E-state index < -0.39 is 0 Å². The van der Waals surface area contributed by atoms with Gasteiger partial charge in [0.1, 0.15) is 11.3 Å². The molecule has 22 heavy (non-hydrogen) atoms. The fourth-order valence-electron chi connectivity index (χ4n) is 2.72. The van der Waals surface area contributed by atoms with Crippen LogP contribution in [0.25, 0.3) is 11.0 Å². The van der Waals surface area contributed by atoms with E-state index in [9.17, 15) is 0 Å². The van der Waals surface area contributed by atoms with Crippen LogP contribution in [-0.4, -0.2) is 20.1 Å². The van der Waals surface area contributed by atoms with Crippen molar-refractivity contribution < 1.29 is 0 Å². The van der Waals surface area contributed by atoms with Crippen molar-refractivity contribution in [1.82, 2.24) is 14.5 Å². The fourth-order valence-corrected chi connectivity index (χ4v) is 2.72. The Morgan fingerprint density at radius 1 is 1.23 bits per heavy atom. The fraction of sp³-hybridized carbons (Fsp3) is 0.625. The smallest absolute Gasteiger partial charge is 0.168 e. The first-order valence-corrected chi connectivity index (χ1v) is 7.90. The standard InChI is InChI=1S/C16H28N6/c1-6-7-8-12-20-13-14(22(12)9-16(4,5)17)10(2)11(3)19-15(13)21-18/h6-9,17-18H2,1-5H3,(H,19,21). The van der Waals surface area contributed by atoms with E-state index in [0.717, 1.165) is 53.9 Å². The van der Waals surface area contributed by atoms with Gasteiger partial charge in [0, 0.05) is 24.2 Å². The predicted molar refractivity (Wildman–Crippen MR) is 91.7 cm³/mol. The molecular formula is C16H28N6. The lowest BCUT2D eigenvalue weighted by atomic mass is 10.1. The molecule has 0 aliphatic rings. The van der Waals surface area contributed by atoms with Gasteiger partial charge >= 0.3 is 0 Å². The van der Waals surface area contributed by atoms with Crippen molar-refractivity contribution in [2.75, 3.05) is 5.43 Å². The number of rotatable bonds is 6. The number of hydrazine groups is 1. The summed E-state index contributed by atoms with van der Waals surface area (Å²) >= 11 is 0. The average molecular weight is 304 g/mol. The molecule has 6 nitrogen and oxygen atoms in total. The van der Waals surface area contributed by atoms with Crippen molar-refractivity contribution in [3.8, 4) is 0 Å². The molecule has 0 saturated heterocycles. The van der Waals surface area contributed by atoms with Gasteiger partial charge in [-0.3, -0.25) is 0 Å². The maximum absolute atomic E-state index is 6.27. The van der Waals surface area contributed by atoms with Crippen LogP contribution in [0.5, 0.6) is 0 Å². The summed E-state index contributed by atoms with van der Waals surface area (Å²) in [5.41, 5.74) is 12.6. The number of hydrogen-bond donors (Lipinski definition) is 3. The zero-order chi connectivity index (χ0) is 16.5. The number of nitrogens with one attached hydrogen (secondary N) is 1. The quantitative estimate of drug-likeness (QED) is 0.563. The van der Waals surface area contributed by atoms with Crippen LogP contribution in [0.2, 0.25) is 0 Å². The molecule has 0 aliphatic carbocycles. The lowest BCUT2D eigenvalue weighted by Crippen LogP contribution is -2.37. The van der Waals surface area contributed by atoms with Crippen LogP contribution in [0.15, 0.2) is 0 Å². The Morgan fingerprint density at radius 3 is 2.45 bits per heavy atom. The molecule has 0 amide bonds. The summed E-state index contributed by atoms with van der Waals surface area (Å²) in [5.74, 6) is 7.32. The third-order valence-corrected chi connectivity index (χ3v) is 3.90. The molecule has 0 saturated carbocycles. The van der Waals surface area contributed by atoms with Crippen LogP contribution in [-0.2, 0) is 13.0 Å². The third-order valence-electron chi connectivity index (χ3n) is 3.90. The number of nitrogen functional groups attached to an aromatic ring is 1. The van der Waals surface area contributed by atoms with Crippen LogP contribution in [0, 0.1) is 13.8 Å². The maximum atomic E-state index is 6.27. The Labute approximate surface area is 132 Å². The molecule has 2 aromatic heterocycles. The van der Waals surface area contributed by atoms with Crippen LogP contribution in [0.4, 0.5) is 5.82 Å². The second-order valence-corrected chi connectivity index (χ2v) is 6.72. The summed E-state index contributed by atoms with van der Waals surface area (Å²) in [5, 5.41) is 0. The lowest BCUT2D eigenvalue weighted by molar-refractivity contribution is 0.430. The largest absolute Gasteiger partial charge is 0.326 e. The van der Waals surface area contributed by atoms with Gasteiger partial charge in [-0.05, 0) is 39.7 Å². The second kappa shape index (κ2) is 6.22. The maximum Gasteiger partial charge on any atom is 0.168 e. The Bertz CT molecular complexity index is 666. The summed E-state index contributed by atoms with van der Waals surface area (Å²) in [6, 6.07) is 0. The van der Waals surface area contributed by atoms with E-state index in [1.807, 2.05) is 20.8 Å². The van der Waals surface area contributed by atoms with Crippen molar-refractivity contribution >= 4 is 16.9 Å². The molecule has 2 heterocycles. The topological polar surface area (TPSA) is 94.8 Å². The number of anilines is 1. The van der Waals surface area contributed by atoms with E-state index in [0.29, 0.717) is 5.82 Å². The van der Waals surface area contributed by atoms with Crippen molar-refractivity contribution in [1.29, 1.82) is 0 Å². The number of aromatic nitrogens is 3. The number of unbranched alkanes of at least 4 members (excludes halogenated alkanes) is 1. The highest BCUT2D eigenvalue weighted by atomic mass is 15.3. The van der Waals surface area contributed by atoms with Crippen molar-refractivity contribution in [3.63, 3.8) is 0 Å². The van der Waals surface area contributed by atoms with Gasteiger partial charge in [0.15, 0.2) is 5.82 Å². The first-order valence-electron chi connectivity index (χ1n) is 7.90. The molecule has 0 fully saturated rings. The van der Waals surface area contributed by atoms with E-state index >= 15 is 0 Å². The molecule has 6 heteroatoms. The number of imidazole rings is 1. The number of hydrogen-bond acceptors (Lipinski definition) is 5. The molecular weight excluding hydrogens is 276 g/mol. The summed E-state index contributed by atoms with van der Waals surface area (Å²) in [7, 11) is 0. The molecule has 0 aromatic carbocycles. The van der Waals surface area contributed by atoms with Crippen molar-refractivity contribution in [2.45, 2.75) is 66.0 Å². The normalized spacial score (nSPS) is 12.1. The van der Waals surface area contributed by atoms with Crippen LogP contribution in [0.3, 0.4) is 0 Å². The molecule has 0 atom stereocenters. The first kappa shape index (κ1) is 16.7. The minimum Gasteiger partial charge on any atom is -0.326 e. The van der Waals surface area contributed by atoms with Crippen LogP contribution < -0.4 is 17.0 Å². The van der Waals surface area contributed by atoms with Gasteiger partial charge in [0.25, 0.3) is 0 Å². The molecule has 0 radical (unpaired) electrons. The van der Waals surface area contributed by atoms with E-state index in [1.165, 1.54) is 0 Å². The summed E-state index contributed by atoms with van der Waals surface area (Å²) in [4.78, 5) is 9.32. The Kier molecular flexibility index (Phi) is 4.72. The number of pyridine rings is 1. The highest BCUT2D eigenvalue weighted by Gasteiger charge is 2.22. The summed E-state index contributed by atoms with van der Waals surface area (Å²) in [6.07, 6.45) is 3.17. The Balaban J connectivity index is 2.72. The van der Waals surface area contributed by atoms with E-state index in [-0.39, 0.29) is 5.54 Å². The molecule has 0 aliphatic heterocycles. The summed E-state index contributed by atoms with van der Waals surface area (Å²) < 4.78 is 2.25. The third kappa shape index (κ3) is 3.23. The first-order chi connectivity index (χ1) is 10.3. The van der Waals surface area contributed by atoms with Gasteiger partial charge < -0.3 is 15.7 Å². The molecule has 122 valence electrons. The molecule has 2 rings (SSSR count). The second-order valence-electron chi connectivity index (χ2n) is 6.72. The SMILES string of the molecule is CCCCc1nc2c(NN)nc(C)c(C)c2n1CC(C)(C)N. The Morgan fingerprint density at radius 2 is 1.91 bits per heavy atom. The zero-order valence-corrected chi connectivity index (χ0v) is 14.3. The highest BCUT2D eigenvalue weighted by molar-refractivity contribution is 5.89. The monoisotopic (exact) mass is 304 g/mol. The van der Waals surface area contributed by atoms with Gasteiger partial charge in [0.05, 0.1) is 5.52 Å². The molecule has 0 unspecified atom stereocenters. The molecule has 0 spiro atoms. The lowest BCUT2D eigenvalue weighted by Gasteiger charge is -2.22. The highest BCUT2D eigenvalue weighted by Crippen LogP contribution is 2.28. The molecule has 0 bridgehead atoms. The van der Waals surface area contributed by atoms with Gasteiger partial charge in [-0.2, -0.15) is 0 Å². The minimum absolute atomic E-state index is 0.311. The number of aryl methyl sites for hydroxylation is 3. The van der Waals surface area contributed by atoms with Crippen molar-refractivity contribution in [2.24, 2.45) is 11.6 Å². The van der Waals surface area contributed by atoms with Crippen molar-refractivity contribution in [3.05, 3.63) is 17.1 Å². The van der Waals surface area contributed by atoms with Crippen LogP contribution in [0.1, 0.15) is 50.7 Å². The number of nitrogens with zero attached hydrogens (tertiary/aromatic N) is 3. The van der Waals surface area contributed by atoms with E-state index in [4.69, 9.17) is 16.6 Å². The van der Waals surface area contributed by atoms with Crippen LogP contribution >= 0.6 is 0 Å². The van der Waals surface area contributed by atoms with Gasteiger partial charge in [-0.25, -0.2) is 15.8 Å². The average Bonchev–Trinajstić information content (AvgIpc) is 2.77. The zero-order valence-electron chi connectivity index (χ0n) is 14.3. The Hall–Kier alpha value is -1.66. The number of nitrogens with two attached hydrogens (primary N) is 2. The molecule has 2 aromatic rings. The van der Waals surface area contributed by atoms with E-state index in [2.05, 4.69) is 28.8 Å².